The molecule has 4 heteroatoms. The van der Waals surface area contributed by atoms with Gasteiger partial charge in [-0.2, -0.15) is 5.26 Å². The molecule has 0 bridgehead atoms. The highest BCUT2D eigenvalue weighted by molar-refractivity contribution is 8.03. The molecule has 0 aromatic heterocycles. The zero-order valence-corrected chi connectivity index (χ0v) is 7.12. The highest BCUT2D eigenvalue weighted by atomic mass is 35.5. The van der Waals surface area contributed by atoms with E-state index in [1.165, 1.54) is 0 Å². The minimum absolute atomic E-state index is 0.828. The summed E-state index contributed by atoms with van der Waals surface area (Å²) < 4.78 is 0. The molecule has 0 fully saturated rings. The third-order valence-electron chi connectivity index (χ3n) is 1.13. The molecule has 0 saturated heterocycles. The van der Waals surface area contributed by atoms with Gasteiger partial charge in [-0.05, 0) is 36.0 Å². The number of halogens is 1. The molecule has 1 aromatic rings. The summed E-state index contributed by atoms with van der Waals surface area (Å²) in [6.45, 7) is 0. The average molecular weight is 185 g/mol. The smallest absolute Gasteiger partial charge is 0.138 e. The van der Waals surface area contributed by atoms with Gasteiger partial charge in [0, 0.05) is 22.4 Å². The minimum atomic E-state index is 0.828. The van der Waals surface area contributed by atoms with Crippen molar-refractivity contribution in [3.8, 4) is 5.40 Å². The van der Waals surface area contributed by atoms with Crippen molar-refractivity contribution in [1.82, 2.24) is 0 Å². The van der Waals surface area contributed by atoms with Crippen molar-refractivity contribution >= 4 is 29.2 Å². The Morgan fingerprint density at radius 2 is 2.00 bits per heavy atom. The summed E-state index contributed by atoms with van der Waals surface area (Å²) >= 11 is 6.46. The molecule has 0 aliphatic carbocycles. The van der Waals surface area contributed by atoms with Crippen LogP contribution in [0.25, 0.3) is 0 Å². The van der Waals surface area contributed by atoms with Gasteiger partial charge in [-0.3, -0.25) is 4.84 Å². The standard InChI is InChI=1S/C7H5ClN2S/c8-10-6-1-3-7(4-2-6)11-5-9/h1-4,10H. The Bertz CT molecular complexity index is 265. The maximum absolute atomic E-state index is 8.32. The largest absolute Gasteiger partial charge is 0.299 e. The monoisotopic (exact) mass is 184 g/mol. The van der Waals surface area contributed by atoms with Crippen molar-refractivity contribution in [2.75, 3.05) is 4.84 Å². The minimum Gasteiger partial charge on any atom is -0.299 e. The molecule has 1 N–H and O–H groups in total. The summed E-state index contributed by atoms with van der Waals surface area (Å²) in [6, 6.07) is 7.29. The Kier molecular flexibility index (Phi) is 3.09. The first-order valence-electron chi connectivity index (χ1n) is 2.89. The van der Waals surface area contributed by atoms with Crippen LogP contribution in [0.1, 0.15) is 0 Å². The molecular weight excluding hydrogens is 180 g/mol. The average Bonchev–Trinajstić information content (AvgIpc) is 2.07. The van der Waals surface area contributed by atoms with Crippen LogP contribution >= 0.6 is 23.5 Å². The molecule has 0 aliphatic rings. The van der Waals surface area contributed by atoms with Gasteiger partial charge in [0.25, 0.3) is 0 Å². The third kappa shape index (κ3) is 2.34. The molecule has 0 unspecified atom stereocenters. The Morgan fingerprint density at radius 1 is 1.36 bits per heavy atom. The maximum atomic E-state index is 8.32. The number of nitriles is 1. The first-order chi connectivity index (χ1) is 5.36. The summed E-state index contributed by atoms with van der Waals surface area (Å²) in [5, 5.41) is 10.3. The predicted octanol–water partition coefficient (Wildman–Crippen LogP) is 2.83. The first-order valence-corrected chi connectivity index (χ1v) is 4.09. The van der Waals surface area contributed by atoms with E-state index in [0.717, 1.165) is 22.3 Å². The molecule has 1 aromatic carbocycles. The predicted molar refractivity (Wildman–Crippen MR) is 47.4 cm³/mol. The Hall–Kier alpha value is -0.850. The van der Waals surface area contributed by atoms with E-state index in [-0.39, 0.29) is 0 Å². The van der Waals surface area contributed by atoms with E-state index >= 15 is 0 Å². The normalized spacial score (nSPS) is 8.73. The van der Waals surface area contributed by atoms with Gasteiger partial charge >= 0.3 is 0 Å². The number of rotatable bonds is 2. The van der Waals surface area contributed by atoms with E-state index in [1.807, 2.05) is 29.7 Å². The molecule has 0 amide bonds. The van der Waals surface area contributed by atoms with Crippen LogP contribution in [0, 0.1) is 10.7 Å². The molecule has 0 heterocycles. The number of thioether (sulfide) groups is 1. The summed E-state index contributed by atoms with van der Waals surface area (Å²) in [5.41, 5.74) is 0.828. The van der Waals surface area contributed by atoms with E-state index in [1.54, 1.807) is 0 Å². The summed E-state index contributed by atoms with van der Waals surface area (Å²) in [7, 11) is 0. The van der Waals surface area contributed by atoms with Crippen LogP contribution < -0.4 is 4.84 Å². The number of nitrogens with one attached hydrogen (secondary N) is 1. The highest BCUT2D eigenvalue weighted by Crippen LogP contribution is 2.18. The van der Waals surface area contributed by atoms with Crippen molar-refractivity contribution in [2.24, 2.45) is 0 Å². The summed E-state index contributed by atoms with van der Waals surface area (Å²) in [5.74, 6) is 0. The van der Waals surface area contributed by atoms with Crippen molar-refractivity contribution in [2.45, 2.75) is 4.90 Å². The number of thiocyanates is 1. The van der Waals surface area contributed by atoms with Gasteiger partial charge in [0.05, 0.1) is 0 Å². The van der Waals surface area contributed by atoms with Gasteiger partial charge in [0.2, 0.25) is 0 Å². The lowest BCUT2D eigenvalue weighted by molar-refractivity contribution is 1.47. The Morgan fingerprint density at radius 3 is 2.45 bits per heavy atom. The zero-order valence-electron chi connectivity index (χ0n) is 5.54. The van der Waals surface area contributed by atoms with Crippen molar-refractivity contribution in [3.63, 3.8) is 0 Å². The van der Waals surface area contributed by atoms with Crippen molar-refractivity contribution < 1.29 is 0 Å². The lowest BCUT2D eigenvalue weighted by Gasteiger charge is -1.96. The second-order valence-electron chi connectivity index (χ2n) is 1.81. The van der Waals surface area contributed by atoms with Crippen LogP contribution in [0.3, 0.4) is 0 Å². The SMILES string of the molecule is N#CSc1ccc(NCl)cc1. The fourth-order valence-electron chi connectivity index (χ4n) is 0.639. The molecule has 0 radical (unpaired) electrons. The van der Waals surface area contributed by atoms with Gasteiger partial charge in [-0.25, -0.2) is 0 Å². The van der Waals surface area contributed by atoms with Gasteiger partial charge in [0.1, 0.15) is 5.40 Å². The molecule has 11 heavy (non-hydrogen) atoms. The number of hydrogen-bond acceptors (Lipinski definition) is 3. The molecule has 0 saturated carbocycles. The van der Waals surface area contributed by atoms with Gasteiger partial charge in [0.15, 0.2) is 0 Å². The van der Waals surface area contributed by atoms with E-state index in [4.69, 9.17) is 17.0 Å². The third-order valence-corrected chi connectivity index (χ3v) is 1.94. The fourth-order valence-corrected chi connectivity index (χ4v) is 1.14. The van der Waals surface area contributed by atoms with Gasteiger partial charge in [-0.15, -0.1) is 0 Å². The number of benzene rings is 1. The lowest BCUT2D eigenvalue weighted by Crippen LogP contribution is -1.77. The van der Waals surface area contributed by atoms with Crippen LogP contribution in [0.15, 0.2) is 29.2 Å². The van der Waals surface area contributed by atoms with Gasteiger partial charge < -0.3 is 0 Å². The molecule has 0 atom stereocenters. The summed E-state index contributed by atoms with van der Waals surface area (Å²) in [6.07, 6.45) is 0. The quantitative estimate of drug-likeness (QED) is 0.436. The second kappa shape index (κ2) is 4.12. The van der Waals surface area contributed by atoms with Crippen LogP contribution in [0.2, 0.25) is 0 Å². The number of nitrogens with zero attached hydrogens (tertiary/aromatic N) is 1. The molecule has 0 aliphatic heterocycles. The maximum Gasteiger partial charge on any atom is 0.138 e. The number of anilines is 1. The van der Waals surface area contributed by atoms with E-state index in [9.17, 15) is 0 Å². The summed E-state index contributed by atoms with van der Waals surface area (Å²) in [4.78, 5) is 3.40. The van der Waals surface area contributed by atoms with Crippen LogP contribution in [0.5, 0.6) is 0 Å². The van der Waals surface area contributed by atoms with Crippen molar-refractivity contribution in [1.29, 1.82) is 5.26 Å². The van der Waals surface area contributed by atoms with E-state index < -0.39 is 0 Å². The number of hydrogen-bond donors (Lipinski definition) is 1. The van der Waals surface area contributed by atoms with Crippen LogP contribution in [-0.4, -0.2) is 0 Å². The second-order valence-corrected chi connectivity index (χ2v) is 2.86. The fraction of sp³-hybridized carbons (Fsp3) is 0. The first kappa shape index (κ1) is 8.25. The highest BCUT2D eigenvalue weighted by Gasteiger charge is 1.91. The molecule has 1 rings (SSSR count). The van der Waals surface area contributed by atoms with Crippen molar-refractivity contribution in [3.05, 3.63) is 24.3 Å². The van der Waals surface area contributed by atoms with Crippen LogP contribution in [0.4, 0.5) is 5.69 Å². The van der Waals surface area contributed by atoms with E-state index in [2.05, 4.69) is 4.84 Å². The molecular formula is C7H5ClN2S. The molecule has 56 valence electrons. The molecule has 2 nitrogen and oxygen atoms in total. The van der Waals surface area contributed by atoms with E-state index in [0.29, 0.717) is 0 Å². The van der Waals surface area contributed by atoms with Gasteiger partial charge in [-0.1, -0.05) is 0 Å². The Labute approximate surface area is 74.3 Å². The lowest BCUT2D eigenvalue weighted by atomic mass is 10.3. The topological polar surface area (TPSA) is 35.8 Å². The Balaban J connectivity index is 2.76. The molecule has 0 spiro atoms. The zero-order chi connectivity index (χ0) is 8.10. The van der Waals surface area contributed by atoms with Crippen LogP contribution in [-0.2, 0) is 0 Å².